The minimum atomic E-state index is 0.137. The second-order valence-electron chi connectivity index (χ2n) is 17.1. The van der Waals surface area contributed by atoms with E-state index in [0.29, 0.717) is 12.1 Å². The van der Waals surface area contributed by atoms with Crippen molar-refractivity contribution in [1.29, 1.82) is 5.41 Å². The van der Waals surface area contributed by atoms with E-state index in [1.807, 2.05) is 42.7 Å². The molecule has 6 aromatic rings. The standard InChI is InChI=1S/C66H64N4/c1-5-8-9-10-19-44-68-65-35-18-17-34-64(65)60-31-20-29-58(46-60)50(4)45-52(7-3)59-30-22-33-63(47-59)70-62-42-36-51(37-43-62)49-69-66(57-40-38-56(39-41-57)55-26-15-12-16-27-55)48-61(67)32-21-28-53(23-6-2)54-24-13-11-14-25-54/h5,7-31,33-43,45-46,48-49,63,67-68,70H,1,6,32,44,47H2,2-4H3/b9-8-,19-10-,28-21-,50-45+,52-7+,53-23+,66-48-,67-61?,69-49?. The van der Waals surface area contributed by atoms with Gasteiger partial charge in [-0.1, -0.05) is 226 Å². The lowest BCUT2D eigenvalue weighted by atomic mass is 9.91. The number of allylic oxidation sites excluding steroid dienone is 15. The van der Waals surface area contributed by atoms with Gasteiger partial charge in [-0.25, -0.2) is 0 Å². The van der Waals surface area contributed by atoms with Gasteiger partial charge < -0.3 is 16.0 Å². The van der Waals surface area contributed by atoms with Crippen LogP contribution < -0.4 is 10.6 Å². The number of aliphatic imine (C=N–C) groups is 1. The Morgan fingerprint density at radius 3 is 2.19 bits per heavy atom. The predicted molar refractivity (Wildman–Crippen MR) is 306 cm³/mol. The van der Waals surface area contributed by atoms with Crippen molar-refractivity contribution in [2.45, 2.75) is 46.1 Å². The molecule has 1 aliphatic rings. The molecule has 6 aromatic carbocycles. The average Bonchev–Trinajstić information content (AvgIpc) is 3.41. The lowest BCUT2D eigenvalue weighted by Gasteiger charge is -2.22. The molecule has 70 heavy (non-hydrogen) atoms. The van der Waals surface area contributed by atoms with Crippen LogP contribution in [0.2, 0.25) is 0 Å². The van der Waals surface area contributed by atoms with Gasteiger partial charge in [0.25, 0.3) is 0 Å². The predicted octanol–water partition coefficient (Wildman–Crippen LogP) is 17.4. The third-order valence-electron chi connectivity index (χ3n) is 12.0. The zero-order valence-corrected chi connectivity index (χ0v) is 40.7. The van der Waals surface area contributed by atoms with Crippen LogP contribution in [-0.4, -0.2) is 24.5 Å². The van der Waals surface area contributed by atoms with Gasteiger partial charge in [0.1, 0.15) is 0 Å². The van der Waals surface area contributed by atoms with E-state index < -0.39 is 0 Å². The molecule has 1 aliphatic carbocycles. The molecular formula is C66H64N4. The van der Waals surface area contributed by atoms with Gasteiger partial charge in [-0.05, 0) is 113 Å². The quantitative estimate of drug-likeness (QED) is 0.0498. The summed E-state index contributed by atoms with van der Waals surface area (Å²) in [5.74, 6) is 0. The third kappa shape index (κ3) is 14.6. The highest BCUT2D eigenvalue weighted by Gasteiger charge is 2.15. The molecule has 348 valence electrons. The van der Waals surface area contributed by atoms with Gasteiger partial charge in [-0.15, -0.1) is 0 Å². The summed E-state index contributed by atoms with van der Waals surface area (Å²) in [6.07, 6.45) is 33.5. The van der Waals surface area contributed by atoms with Gasteiger partial charge in [0.15, 0.2) is 0 Å². The number of hydrogen-bond acceptors (Lipinski definition) is 4. The first-order valence-electron chi connectivity index (χ1n) is 24.3. The summed E-state index contributed by atoms with van der Waals surface area (Å²) in [5.41, 5.74) is 17.2. The Morgan fingerprint density at radius 2 is 1.43 bits per heavy atom. The maximum atomic E-state index is 8.98. The van der Waals surface area contributed by atoms with Crippen LogP contribution in [0.4, 0.5) is 11.4 Å². The van der Waals surface area contributed by atoms with Crippen LogP contribution in [0.15, 0.2) is 266 Å². The molecule has 0 heterocycles. The largest absolute Gasteiger partial charge is 0.381 e. The topological polar surface area (TPSA) is 60.3 Å². The molecule has 0 amide bonds. The fourth-order valence-corrected chi connectivity index (χ4v) is 8.30. The van der Waals surface area contributed by atoms with E-state index in [0.717, 1.165) is 64.3 Å². The van der Waals surface area contributed by atoms with E-state index in [4.69, 9.17) is 10.4 Å². The Balaban J connectivity index is 1.01. The van der Waals surface area contributed by atoms with E-state index in [9.17, 15) is 0 Å². The molecule has 0 fully saturated rings. The molecule has 1 atom stereocenters. The van der Waals surface area contributed by atoms with Crippen molar-refractivity contribution in [3.8, 4) is 22.3 Å². The lowest BCUT2D eigenvalue weighted by Crippen LogP contribution is -2.19. The summed E-state index contributed by atoms with van der Waals surface area (Å²) in [7, 11) is 0. The van der Waals surface area contributed by atoms with Crippen molar-refractivity contribution in [1.82, 2.24) is 0 Å². The number of nitrogens with zero attached hydrogens (tertiary/aromatic N) is 1. The SMILES string of the molecule is C=C/C=C\C=C/CNc1ccccc1-c1cccc(/C(C)=C/C(=C\C)C2=CC=CC(Nc3ccc(C=N/C(=C\C(=N)C/C=C\C(=C/CC)c4ccccc4)c4ccc(-c5ccccc5)cc4)cc3)C2)c1. The van der Waals surface area contributed by atoms with Crippen molar-refractivity contribution in [3.63, 3.8) is 0 Å². The van der Waals surface area contributed by atoms with E-state index in [1.165, 1.54) is 39.0 Å². The second-order valence-corrected chi connectivity index (χ2v) is 17.1. The molecule has 0 spiro atoms. The molecule has 0 aliphatic heterocycles. The van der Waals surface area contributed by atoms with Gasteiger partial charge in [-0.3, -0.25) is 4.99 Å². The summed E-state index contributed by atoms with van der Waals surface area (Å²) in [6, 6.07) is 55.1. The number of hydrogen-bond donors (Lipinski definition) is 3. The first-order chi connectivity index (χ1) is 34.4. The molecule has 1 unspecified atom stereocenters. The molecule has 7 rings (SSSR count). The first-order valence-corrected chi connectivity index (χ1v) is 24.3. The van der Waals surface area contributed by atoms with Crippen molar-refractivity contribution >= 4 is 40.1 Å². The normalized spacial score (nSPS) is 14.7. The van der Waals surface area contributed by atoms with Crippen LogP contribution in [0.5, 0.6) is 0 Å². The monoisotopic (exact) mass is 913 g/mol. The highest BCUT2D eigenvalue weighted by Crippen LogP contribution is 2.32. The number of benzene rings is 6. The minimum absolute atomic E-state index is 0.137. The Bertz CT molecular complexity index is 3000. The molecule has 0 saturated heterocycles. The van der Waals surface area contributed by atoms with Crippen molar-refractivity contribution in [3.05, 3.63) is 283 Å². The van der Waals surface area contributed by atoms with Gasteiger partial charge in [0.05, 0.1) is 5.70 Å². The second kappa shape index (κ2) is 26.3. The molecule has 0 aromatic heterocycles. The Kier molecular flexibility index (Phi) is 18.6. The van der Waals surface area contributed by atoms with Crippen LogP contribution in [0, 0.1) is 5.41 Å². The van der Waals surface area contributed by atoms with Crippen LogP contribution in [0.1, 0.15) is 62.3 Å². The Hall–Kier alpha value is -8.34. The summed E-state index contributed by atoms with van der Waals surface area (Å²) in [5, 5.41) is 16.3. The number of anilines is 2. The lowest BCUT2D eigenvalue weighted by molar-refractivity contribution is 0.850. The average molecular weight is 913 g/mol. The van der Waals surface area contributed by atoms with Crippen LogP contribution in [-0.2, 0) is 0 Å². The zero-order valence-electron chi connectivity index (χ0n) is 40.7. The molecule has 4 nitrogen and oxygen atoms in total. The maximum Gasteiger partial charge on any atom is 0.0720 e. The van der Waals surface area contributed by atoms with E-state index in [-0.39, 0.29) is 6.04 Å². The van der Waals surface area contributed by atoms with E-state index >= 15 is 0 Å². The number of nitrogens with one attached hydrogen (secondary N) is 3. The summed E-state index contributed by atoms with van der Waals surface area (Å²) < 4.78 is 0. The van der Waals surface area contributed by atoms with Gasteiger partial charge >= 0.3 is 0 Å². The maximum absolute atomic E-state index is 8.98. The summed E-state index contributed by atoms with van der Waals surface area (Å²) in [6.45, 7) is 10.9. The fourth-order valence-electron chi connectivity index (χ4n) is 8.30. The molecule has 0 bridgehead atoms. The van der Waals surface area contributed by atoms with Crippen molar-refractivity contribution in [2.24, 2.45) is 4.99 Å². The van der Waals surface area contributed by atoms with Crippen molar-refractivity contribution < 1.29 is 0 Å². The number of para-hydroxylation sites is 1. The highest BCUT2D eigenvalue weighted by atomic mass is 14.9. The van der Waals surface area contributed by atoms with Gasteiger partial charge in [-0.2, -0.15) is 0 Å². The molecule has 3 N–H and O–H groups in total. The third-order valence-corrected chi connectivity index (χ3v) is 12.0. The van der Waals surface area contributed by atoms with E-state index in [2.05, 4.69) is 238 Å². The fraction of sp³-hybridized carbons (Fsp3) is 0.121. The van der Waals surface area contributed by atoms with Crippen LogP contribution in [0.3, 0.4) is 0 Å². The Labute approximate surface area is 416 Å². The molecular weight excluding hydrogens is 849 g/mol. The summed E-state index contributed by atoms with van der Waals surface area (Å²) in [4.78, 5) is 5.00. The first kappa shape index (κ1) is 49.6. The highest BCUT2D eigenvalue weighted by molar-refractivity contribution is 6.01. The van der Waals surface area contributed by atoms with Crippen LogP contribution >= 0.6 is 0 Å². The zero-order chi connectivity index (χ0) is 48.8. The Morgan fingerprint density at radius 1 is 0.714 bits per heavy atom. The number of rotatable bonds is 21. The van der Waals surface area contributed by atoms with Gasteiger partial charge in [0.2, 0.25) is 0 Å². The minimum Gasteiger partial charge on any atom is -0.381 e. The van der Waals surface area contributed by atoms with Crippen molar-refractivity contribution in [2.75, 3.05) is 17.2 Å². The molecule has 0 saturated carbocycles. The van der Waals surface area contributed by atoms with Gasteiger partial charge in [0, 0.05) is 53.4 Å². The van der Waals surface area contributed by atoms with Crippen LogP contribution in [0.25, 0.3) is 39.1 Å². The molecule has 4 heteroatoms. The smallest absolute Gasteiger partial charge is 0.0720 e. The van der Waals surface area contributed by atoms with E-state index in [1.54, 1.807) is 6.08 Å². The molecule has 0 radical (unpaired) electrons. The summed E-state index contributed by atoms with van der Waals surface area (Å²) >= 11 is 0.